The third kappa shape index (κ3) is 9.84. The molecule has 0 saturated carbocycles. The van der Waals surface area contributed by atoms with E-state index in [2.05, 4.69) is 53.3 Å². The molecule has 0 radical (unpaired) electrons. The van der Waals surface area contributed by atoms with Gasteiger partial charge in [0.1, 0.15) is 5.75 Å². The number of unbranched alkanes of at least 4 members (excludes halogenated alkanes) is 2. The first kappa shape index (κ1) is 25.0. The summed E-state index contributed by atoms with van der Waals surface area (Å²) in [7, 11) is 0. The molecule has 0 saturated heterocycles. The van der Waals surface area contributed by atoms with Crippen LogP contribution in [0.4, 0.5) is 5.69 Å². The molecule has 0 atom stereocenters. The first-order valence-electron chi connectivity index (χ1n) is 10.2. The molecule has 1 N–H and O–H groups in total. The second kappa shape index (κ2) is 14.0. The third-order valence-electron chi connectivity index (χ3n) is 4.34. The molecule has 4 nitrogen and oxygen atoms in total. The highest BCUT2D eigenvalue weighted by Crippen LogP contribution is 2.23. The van der Waals surface area contributed by atoms with Gasteiger partial charge in [0.15, 0.2) is 6.61 Å². The van der Waals surface area contributed by atoms with E-state index in [9.17, 15) is 4.79 Å². The van der Waals surface area contributed by atoms with Gasteiger partial charge in [0.25, 0.3) is 0 Å². The molecule has 29 heavy (non-hydrogen) atoms. The van der Waals surface area contributed by atoms with E-state index in [0.29, 0.717) is 6.61 Å². The lowest BCUT2D eigenvalue weighted by atomic mass is 10.1. The van der Waals surface area contributed by atoms with Crippen molar-refractivity contribution in [2.24, 2.45) is 0 Å². The Labute approximate surface area is 184 Å². The van der Waals surface area contributed by atoms with Crippen LogP contribution in [0, 0.1) is 20.8 Å². The molecule has 0 bridgehead atoms. The van der Waals surface area contributed by atoms with Crippen LogP contribution < -0.4 is 10.1 Å². The van der Waals surface area contributed by atoms with Gasteiger partial charge in [-0.2, -0.15) is 0 Å². The van der Waals surface area contributed by atoms with Crippen LogP contribution in [0.5, 0.6) is 5.75 Å². The predicted molar refractivity (Wildman–Crippen MR) is 125 cm³/mol. The van der Waals surface area contributed by atoms with Crippen molar-refractivity contribution < 1.29 is 14.3 Å². The summed E-state index contributed by atoms with van der Waals surface area (Å²) in [5, 5.41) is 3.46. The Morgan fingerprint density at radius 1 is 1.07 bits per heavy atom. The highest BCUT2D eigenvalue weighted by Gasteiger charge is 2.05. The number of hydrogen-bond acceptors (Lipinski definition) is 4. The molecular formula is C24H34BrNO3. The van der Waals surface area contributed by atoms with Gasteiger partial charge in [-0.25, -0.2) is 4.79 Å². The third-order valence-corrected chi connectivity index (χ3v) is 5.20. The minimum atomic E-state index is -0.336. The maximum atomic E-state index is 11.0. The van der Waals surface area contributed by atoms with Crippen molar-refractivity contribution in [3.8, 4) is 5.75 Å². The lowest BCUT2D eigenvalue weighted by Gasteiger charge is -2.10. The highest BCUT2D eigenvalue weighted by molar-refractivity contribution is 9.10. The molecule has 0 heterocycles. The molecule has 0 aliphatic rings. The molecule has 2 aromatic carbocycles. The Balaban J connectivity index is 0.000000291. The monoisotopic (exact) mass is 463 g/mol. The van der Waals surface area contributed by atoms with Crippen molar-refractivity contribution in [3.63, 3.8) is 0 Å². The fourth-order valence-electron chi connectivity index (χ4n) is 2.70. The maximum Gasteiger partial charge on any atom is 0.344 e. The van der Waals surface area contributed by atoms with E-state index < -0.39 is 0 Å². The van der Waals surface area contributed by atoms with E-state index in [1.165, 1.54) is 40.5 Å². The normalized spacial score (nSPS) is 10.0. The molecule has 0 fully saturated rings. The van der Waals surface area contributed by atoms with Crippen LogP contribution in [-0.2, 0) is 9.53 Å². The van der Waals surface area contributed by atoms with E-state index in [1.54, 1.807) is 6.92 Å². The molecule has 0 amide bonds. The van der Waals surface area contributed by atoms with Gasteiger partial charge >= 0.3 is 5.97 Å². The molecule has 0 aliphatic carbocycles. The number of rotatable bonds is 9. The Hall–Kier alpha value is -2.01. The maximum absolute atomic E-state index is 11.0. The van der Waals surface area contributed by atoms with E-state index in [-0.39, 0.29) is 12.6 Å². The summed E-state index contributed by atoms with van der Waals surface area (Å²) < 4.78 is 11.3. The average molecular weight is 464 g/mol. The van der Waals surface area contributed by atoms with Gasteiger partial charge in [-0.1, -0.05) is 59.5 Å². The quantitative estimate of drug-likeness (QED) is 0.335. The molecule has 5 heteroatoms. The zero-order chi connectivity index (χ0) is 21.6. The zero-order valence-corrected chi connectivity index (χ0v) is 19.9. The molecule has 2 rings (SSSR count). The summed E-state index contributed by atoms with van der Waals surface area (Å²) >= 11 is 3.53. The molecule has 0 spiro atoms. The Kier molecular flexibility index (Phi) is 12.1. The van der Waals surface area contributed by atoms with Crippen molar-refractivity contribution in [2.75, 3.05) is 25.1 Å². The Morgan fingerprint density at radius 2 is 1.83 bits per heavy atom. The van der Waals surface area contributed by atoms with Crippen molar-refractivity contribution in [3.05, 3.63) is 57.6 Å². The van der Waals surface area contributed by atoms with E-state index in [1.807, 2.05) is 32.0 Å². The predicted octanol–water partition coefficient (Wildman–Crippen LogP) is 6.60. The molecule has 160 valence electrons. The Morgan fingerprint density at radius 3 is 2.48 bits per heavy atom. The Bertz CT molecular complexity index is 762. The highest BCUT2D eigenvalue weighted by atomic mass is 79.9. The average Bonchev–Trinajstić information content (AvgIpc) is 2.68. The summed E-state index contributed by atoms with van der Waals surface area (Å²) in [6.45, 7) is 11.5. The number of ether oxygens (including phenoxy) is 2. The number of carbonyl (C=O) groups excluding carboxylic acids is 1. The number of aryl methyl sites for hydroxylation is 2. The van der Waals surface area contributed by atoms with Crippen molar-refractivity contribution in [1.82, 2.24) is 0 Å². The largest absolute Gasteiger partial charge is 0.482 e. The fraction of sp³-hybridized carbons (Fsp3) is 0.458. The van der Waals surface area contributed by atoms with E-state index in [0.717, 1.165) is 17.9 Å². The summed E-state index contributed by atoms with van der Waals surface area (Å²) in [6.07, 6.45) is 3.83. The number of benzene rings is 2. The van der Waals surface area contributed by atoms with Crippen LogP contribution in [0.2, 0.25) is 0 Å². The van der Waals surface area contributed by atoms with Gasteiger partial charge in [0.2, 0.25) is 0 Å². The number of carbonyl (C=O) groups is 1. The second-order valence-electron chi connectivity index (χ2n) is 6.91. The van der Waals surface area contributed by atoms with Crippen LogP contribution in [-0.4, -0.2) is 25.7 Å². The van der Waals surface area contributed by atoms with Crippen LogP contribution in [0.25, 0.3) is 0 Å². The van der Waals surface area contributed by atoms with Gasteiger partial charge in [0, 0.05) is 16.7 Å². The van der Waals surface area contributed by atoms with Crippen LogP contribution in [0.1, 0.15) is 49.8 Å². The van der Waals surface area contributed by atoms with Gasteiger partial charge in [-0.05, 0) is 63.4 Å². The minimum absolute atomic E-state index is 0.0300. The van der Waals surface area contributed by atoms with Crippen LogP contribution >= 0.6 is 15.9 Å². The first-order valence-corrected chi connectivity index (χ1v) is 11.0. The van der Waals surface area contributed by atoms with E-state index in [4.69, 9.17) is 9.47 Å². The summed E-state index contributed by atoms with van der Waals surface area (Å²) in [5.41, 5.74) is 4.75. The zero-order valence-electron chi connectivity index (χ0n) is 18.3. The number of halogens is 1. The van der Waals surface area contributed by atoms with Crippen molar-refractivity contribution in [2.45, 2.75) is 53.9 Å². The standard InChI is InChI=1S/C12H18BrN.C12H16O3/c1-3-4-5-9-14-12-8-6-7-11(13)10(12)2;1-4-14-12(13)8-15-11-6-5-9(2)7-10(11)3/h6-8,14H,3-5,9H2,1-2H3;5-7H,4,8H2,1-3H3. The molecule has 0 unspecified atom stereocenters. The summed E-state index contributed by atoms with van der Waals surface area (Å²) in [6, 6.07) is 12.1. The topological polar surface area (TPSA) is 47.6 Å². The van der Waals surface area contributed by atoms with Gasteiger partial charge in [0.05, 0.1) is 6.61 Å². The number of hydrogen-bond donors (Lipinski definition) is 1. The molecule has 0 aromatic heterocycles. The molecule has 0 aliphatic heterocycles. The summed E-state index contributed by atoms with van der Waals surface area (Å²) in [4.78, 5) is 11.0. The summed E-state index contributed by atoms with van der Waals surface area (Å²) in [5.74, 6) is 0.395. The van der Waals surface area contributed by atoms with E-state index >= 15 is 0 Å². The smallest absolute Gasteiger partial charge is 0.344 e. The lowest BCUT2D eigenvalue weighted by Crippen LogP contribution is -2.14. The van der Waals surface area contributed by atoms with Crippen LogP contribution in [0.15, 0.2) is 40.9 Å². The number of nitrogens with one attached hydrogen (secondary N) is 1. The number of anilines is 1. The van der Waals surface area contributed by atoms with Crippen LogP contribution in [0.3, 0.4) is 0 Å². The van der Waals surface area contributed by atoms with Crippen molar-refractivity contribution >= 4 is 27.6 Å². The fourth-order valence-corrected chi connectivity index (χ4v) is 3.06. The first-order chi connectivity index (χ1) is 13.9. The molecule has 2 aromatic rings. The second-order valence-corrected chi connectivity index (χ2v) is 7.76. The molecular weight excluding hydrogens is 430 g/mol. The van der Waals surface area contributed by atoms with Crippen molar-refractivity contribution in [1.29, 1.82) is 0 Å². The number of esters is 1. The SMILES string of the molecule is CCCCCNc1cccc(Br)c1C.CCOC(=O)COc1ccc(C)cc1C. The lowest BCUT2D eigenvalue weighted by molar-refractivity contribution is -0.145. The van der Waals surface area contributed by atoms with Gasteiger partial charge in [-0.15, -0.1) is 0 Å². The van der Waals surface area contributed by atoms with Gasteiger partial charge in [-0.3, -0.25) is 0 Å². The minimum Gasteiger partial charge on any atom is -0.482 e. The van der Waals surface area contributed by atoms with Gasteiger partial charge < -0.3 is 14.8 Å².